The Hall–Kier alpha value is -1.02. The van der Waals surface area contributed by atoms with Gasteiger partial charge in [0.25, 0.3) is 0 Å². The van der Waals surface area contributed by atoms with Crippen molar-refractivity contribution in [2.24, 2.45) is 40.4 Å². The van der Waals surface area contributed by atoms with Gasteiger partial charge in [-0.2, -0.15) is 8.42 Å². The highest BCUT2D eigenvalue weighted by Crippen LogP contribution is 2.66. The fourth-order valence-corrected chi connectivity index (χ4v) is 9.13. The van der Waals surface area contributed by atoms with Crippen LogP contribution in [0.3, 0.4) is 0 Å². The molecule has 3 fully saturated rings. The Morgan fingerprint density at radius 1 is 1.21 bits per heavy atom. The first-order valence-electron chi connectivity index (χ1n) is 13.0. The number of aliphatic hydroxyl groups excluding tert-OH is 1. The molecule has 34 heavy (non-hydrogen) atoms. The molecule has 0 aromatic rings. The van der Waals surface area contributed by atoms with Gasteiger partial charge >= 0.3 is 10.4 Å². The summed E-state index contributed by atoms with van der Waals surface area (Å²) in [5.74, 6) is 1.80. The van der Waals surface area contributed by atoms with Crippen LogP contribution < -0.4 is 0 Å². The highest BCUT2D eigenvalue weighted by molar-refractivity contribution is 7.80. The Labute approximate surface area is 205 Å². The smallest absolute Gasteiger partial charge is 0.393 e. The molecule has 3 saturated carbocycles. The third-order valence-corrected chi connectivity index (χ3v) is 10.5. The van der Waals surface area contributed by atoms with Crippen LogP contribution in [0.15, 0.2) is 23.3 Å². The van der Waals surface area contributed by atoms with Gasteiger partial charge in [-0.3, -0.25) is 9.35 Å². The zero-order chi connectivity index (χ0) is 25.1. The molecule has 2 unspecified atom stereocenters. The lowest BCUT2D eigenvalue weighted by Crippen LogP contribution is -2.54. The molecule has 192 valence electrons. The van der Waals surface area contributed by atoms with Gasteiger partial charge in [-0.1, -0.05) is 38.0 Å². The zero-order valence-electron chi connectivity index (χ0n) is 21.3. The number of fused-ring (bicyclic) bond motifs is 5. The molecule has 0 spiro atoms. The topological polar surface area (TPSA) is 101 Å². The Morgan fingerprint density at radius 2 is 1.91 bits per heavy atom. The van der Waals surface area contributed by atoms with Gasteiger partial charge in [0.05, 0.1) is 12.2 Å². The molecule has 0 bridgehead atoms. The number of aliphatic hydroxyl groups is 1. The van der Waals surface area contributed by atoms with E-state index in [9.17, 15) is 18.3 Å². The maximum Gasteiger partial charge on any atom is 0.397 e. The van der Waals surface area contributed by atoms with Gasteiger partial charge in [0.15, 0.2) is 5.78 Å². The van der Waals surface area contributed by atoms with E-state index in [2.05, 4.69) is 26.8 Å². The van der Waals surface area contributed by atoms with Crippen LogP contribution in [0.2, 0.25) is 0 Å². The fourth-order valence-electron chi connectivity index (χ4n) is 8.61. The maximum absolute atomic E-state index is 12.5. The van der Waals surface area contributed by atoms with Crippen molar-refractivity contribution < 1.29 is 27.1 Å². The highest BCUT2D eigenvalue weighted by Gasteiger charge is 2.59. The molecule has 0 aromatic heterocycles. The average Bonchev–Trinajstić information content (AvgIpc) is 3.05. The predicted molar refractivity (Wildman–Crippen MR) is 131 cm³/mol. The van der Waals surface area contributed by atoms with Crippen LogP contribution >= 0.6 is 0 Å². The van der Waals surface area contributed by atoms with Gasteiger partial charge in [-0.05, 0) is 105 Å². The van der Waals surface area contributed by atoms with Gasteiger partial charge in [-0.25, -0.2) is 4.18 Å². The quantitative estimate of drug-likeness (QED) is 0.296. The Kier molecular flexibility index (Phi) is 7.00. The molecule has 0 aromatic carbocycles. The average molecular weight is 495 g/mol. The molecule has 0 radical (unpaired) electrons. The van der Waals surface area contributed by atoms with Crippen molar-refractivity contribution in [3.8, 4) is 0 Å². The summed E-state index contributed by atoms with van der Waals surface area (Å²) >= 11 is 0. The van der Waals surface area contributed by atoms with E-state index in [0.29, 0.717) is 49.4 Å². The van der Waals surface area contributed by atoms with E-state index in [-0.39, 0.29) is 22.5 Å². The first kappa shape index (κ1) is 26.1. The van der Waals surface area contributed by atoms with Gasteiger partial charge in [0.1, 0.15) is 0 Å². The zero-order valence-corrected chi connectivity index (χ0v) is 22.1. The molecule has 2 N–H and O–H groups in total. The fraction of sp³-hybridized carbons (Fsp3) is 0.815. The summed E-state index contributed by atoms with van der Waals surface area (Å²) in [6, 6.07) is 0. The Bertz CT molecular complexity index is 979. The van der Waals surface area contributed by atoms with Crippen molar-refractivity contribution in [1.29, 1.82) is 0 Å². The molecule has 4 aliphatic carbocycles. The summed E-state index contributed by atoms with van der Waals surface area (Å²) in [5.41, 5.74) is 2.46. The standard InChI is InChI=1S/C27H42O6S/c1-16(2)12-18(28)13-17(3)21-6-7-22-20-15-25(29)24-14-19(33-34(30,31)32)8-10-27(24,5)23(20)9-11-26(21,22)4/h9,12,17,19-22,24-25,29H,6-8,10-11,13-15H2,1-5H3,(H,30,31,32)/t17-,19+,20?,21?,22+,24-,25+,26-,27-/m1/s1. The van der Waals surface area contributed by atoms with Crippen LogP contribution in [-0.2, 0) is 19.4 Å². The van der Waals surface area contributed by atoms with E-state index in [1.54, 1.807) is 6.08 Å². The predicted octanol–water partition coefficient (Wildman–Crippen LogP) is 5.29. The van der Waals surface area contributed by atoms with Crippen molar-refractivity contribution in [2.45, 2.75) is 98.2 Å². The normalized spacial score (nSPS) is 42.6. The lowest BCUT2D eigenvalue weighted by molar-refractivity contribution is -0.116. The SMILES string of the molecule is CC(C)=CC(=O)C[C@@H](C)C1CC[C@H]2C3C[C@H](O)[C@H]4C[C@@H](OS(=O)(=O)O)CC[C@]4(C)C3=CC[C@]12C. The van der Waals surface area contributed by atoms with Crippen LogP contribution in [0.5, 0.6) is 0 Å². The number of hydrogen-bond donors (Lipinski definition) is 2. The minimum atomic E-state index is -4.50. The maximum atomic E-state index is 12.5. The lowest BCUT2D eigenvalue weighted by atomic mass is 9.47. The summed E-state index contributed by atoms with van der Waals surface area (Å²) < 4.78 is 36.5. The van der Waals surface area contributed by atoms with E-state index in [4.69, 9.17) is 8.74 Å². The van der Waals surface area contributed by atoms with E-state index >= 15 is 0 Å². The van der Waals surface area contributed by atoms with Crippen molar-refractivity contribution in [3.63, 3.8) is 0 Å². The molecule has 4 aliphatic rings. The van der Waals surface area contributed by atoms with Crippen LogP contribution in [0, 0.1) is 40.4 Å². The van der Waals surface area contributed by atoms with Gasteiger partial charge < -0.3 is 5.11 Å². The number of hydrogen-bond acceptors (Lipinski definition) is 5. The summed E-state index contributed by atoms with van der Waals surface area (Å²) in [4.78, 5) is 12.5. The van der Waals surface area contributed by atoms with Gasteiger partial charge in [-0.15, -0.1) is 0 Å². The van der Waals surface area contributed by atoms with Crippen molar-refractivity contribution in [1.82, 2.24) is 0 Å². The van der Waals surface area contributed by atoms with Gasteiger partial charge in [0.2, 0.25) is 0 Å². The number of carbonyl (C=O) groups excluding carboxylic acids is 1. The first-order chi connectivity index (χ1) is 15.7. The molecular weight excluding hydrogens is 452 g/mol. The summed E-state index contributed by atoms with van der Waals surface area (Å²) in [6.07, 6.45) is 9.40. The second-order valence-electron chi connectivity index (χ2n) is 12.4. The van der Waals surface area contributed by atoms with E-state index in [1.165, 1.54) is 5.57 Å². The summed E-state index contributed by atoms with van der Waals surface area (Å²) in [5, 5.41) is 11.3. The largest absolute Gasteiger partial charge is 0.397 e. The third-order valence-electron chi connectivity index (χ3n) is 9.99. The van der Waals surface area contributed by atoms with E-state index in [0.717, 1.165) is 31.3 Å². The molecule has 9 atom stereocenters. The van der Waals surface area contributed by atoms with Gasteiger partial charge in [0, 0.05) is 6.42 Å². The van der Waals surface area contributed by atoms with E-state index < -0.39 is 22.6 Å². The Balaban J connectivity index is 1.55. The van der Waals surface area contributed by atoms with Crippen LogP contribution in [0.1, 0.15) is 86.0 Å². The lowest BCUT2D eigenvalue weighted by Gasteiger charge is -2.58. The monoisotopic (exact) mass is 494 g/mol. The van der Waals surface area contributed by atoms with Crippen molar-refractivity contribution in [3.05, 3.63) is 23.3 Å². The van der Waals surface area contributed by atoms with Crippen LogP contribution in [-0.4, -0.2) is 36.1 Å². The second-order valence-corrected chi connectivity index (χ2v) is 13.4. The Morgan fingerprint density at radius 3 is 2.56 bits per heavy atom. The molecule has 7 heteroatoms. The number of allylic oxidation sites excluding steroid dienone is 4. The molecule has 0 saturated heterocycles. The van der Waals surface area contributed by atoms with Crippen LogP contribution in [0.4, 0.5) is 0 Å². The number of rotatable bonds is 6. The van der Waals surface area contributed by atoms with Crippen molar-refractivity contribution >= 4 is 16.2 Å². The first-order valence-corrected chi connectivity index (χ1v) is 14.3. The number of ketones is 1. The highest BCUT2D eigenvalue weighted by atomic mass is 32.3. The molecule has 0 heterocycles. The number of carbonyl (C=O) groups is 1. The molecule has 0 aliphatic heterocycles. The second kappa shape index (κ2) is 9.13. The third kappa shape index (κ3) is 4.70. The molecular formula is C27H42O6S. The van der Waals surface area contributed by atoms with E-state index in [1.807, 2.05) is 13.8 Å². The molecule has 0 amide bonds. The van der Waals surface area contributed by atoms with Crippen molar-refractivity contribution in [2.75, 3.05) is 0 Å². The minimum absolute atomic E-state index is 0.0716. The summed E-state index contributed by atoms with van der Waals surface area (Å²) in [7, 11) is -4.50. The summed E-state index contributed by atoms with van der Waals surface area (Å²) in [6.45, 7) is 10.8. The van der Waals surface area contributed by atoms with Crippen LogP contribution in [0.25, 0.3) is 0 Å². The molecule has 4 rings (SSSR count). The minimum Gasteiger partial charge on any atom is -0.393 e. The molecule has 6 nitrogen and oxygen atoms in total.